The van der Waals surface area contributed by atoms with Gasteiger partial charge in [0.25, 0.3) is 0 Å². The molecule has 2 fully saturated rings. The smallest absolute Gasteiger partial charge is 0.123 e. The molecule has 2 saturated carbocycles. The Labute approximate surface area is 220 Å². The van der Waals surface area contributed by atoms with E-state index < -0.39 is 22.0 Å². The summed E-state index contributed by atoms with van der Waals surface area (Å²) in [6, 6.07) is 13.2. The van der Waals surface area contributed by atoms with Crippen molar-refractivity contribution >= 4 is 22.0 Å². The third kappa shape index (κ3) is 8.82. The summed E-state index contributed by atoms with van der Waals surface area (Å²) in [6.07, 6.45) is 4.48. The van der Waals surface area contributed by atoms with E-state index in [1.807, 2.05) is 53.7 Å². The third-order valence-corrected chi connectivity index (χ3v) is 9.34. The maximum absolute atomic E-state index is 13.3. The lowest BCUT2D eigenvalue weighted by Crippen LogP contribution is -2.36. The first kappa shape index (κ1) is 29.1. The van der Waals surface area contributed by atoms with Crippen LogP contribution in [-0.2, 0) is 22.0 Å². The van der Waals surface area contributed by atoms with E-state index >= 15 is 0 Å². The largest absolute Gasteiger partial charge is 0.242 e. The molecule has 36 heavy (non-hydrogen) atoms. The maximum Gasteiger partial charge on any atom is 0.123 e. The first-order valence-electron chi connectivity index (χ1n) is 12.6. The summed E-state index contributed by atoms with van der Waals surface area (Å²) in [5, 5.41) is 0. The van der Waals surface area contributed by atoms with Crippen LogP contribution in [0.3, 0.4) is 0 Å². The fourth-order valence-corrected chi connectivity index (χ4v) is 5.54. The summed E-state index contributed by atoms with van der Waals surface area (Å²) in [7, 11) is -2.26. The van der Waals surface area contributed by atoms with E-state index in [0.29, 0.717) is 11.8 Å². The summed E-state index contributed by atoms with van der Waals surface area (Å²) in [4.78, 5) is 0. The molecule has 0 radical (unpaired) electrons. The van der Waals surface area contributed by atoms with Gasteiger partial charge in [-0.3, -0.25) is 0 Å². The quantitative estimate of drug-likeness (QED) is 0.395. The third-order valence-electron chi connectivity index (χ3n) is 6.18. The fraction of sp³-hybridized carbons (Fsp3) is 0.571. The lowest BCUT2D eigenvalue weighted by Gasteiger charge is -2.24. The van der Waals surface area contributed by atoms with Crippen LogP contribution in [0.2, 0.25) is 0 Å². The van der Waals surface area contributed by atoms with Crippen LogP contribution in [0.4, 0.5) is 8.78 Å². The Kier molecular flexibility index (Phi) is 9.63. The van der Waals surface area contributed by atoms with Crippen molar-refractivity contribution in [2.24, 2.45) is 11.8 Å². The van der Waals surface area contributed by atoms with E-state index in [1.54, 1.807) is 12.1 Å². The SMILES string of the molecule is CC(C)(C)[S@](=O)N[C@@H](c1cccc(F)c1)C1CC1.CC(C)(C)[S@](=O)N[C@H](c1cccc(F)c1)C1CC1. The summed E-state index contributed by atoms with van der Waals surface area (Å²) in [6.45, 7) is 11.6. The normalized spacial score (nSPS) is 19.6. The molecule has 0 heterocycles. The first-order chi connectivity index (χ1) is 16.8. The van der Waals surface area contributed by atoms with Crippen LogP contribution in [-0.4, -0.2) is 17.9 Å². The van der Waals surface area contributed by atoms with Gasteiger partial charge < -0.3 is 0 Å². The lowest BCUT2D eigenvalue weighted by atomic mass is 10.0. The maximum atomic E-state index is 13.3. The number of halogens is 2. The Morgan fingerprint density at radius 1 is 0.694 bits per heavy atom. The monoisotopic (exact) mass is 538 g/mol. The van der Waals surface area contributed by atoms with Crippen molar-refractivity contribution in [3.05, 3.63) is 71.3 Å². The minimum Gasteiger partial charge on any atom is -0.242 e. The zero-order valence-electron chi connectivity index (χ0n) is 22.1. The summed E-state index contributed by atoms with van der Waals surface area (Å²) < 4.78 is 56.6. The van der Waals surface area contributed by atoms with E-state index in [0.717, 1.165) is 36.8 Å². The van der Waals surface area contributed by atoms with E-state index in [-0.39, 0.29) is 33.2 Å². The molecule has 0 aliphatic heterocycles. The molecule has 4 rings (SSSR count). The number of hydrogen-bond acceptors (Lipinski definition) is 2. The van der Waals surface area contributed by atoms with Crippen LogP contribution in [0, 0.1) is 23.5 Å². The molecular weight excluding hydrogens is 498 g/mol. The van der Waals surface area contributed by atoms with Gasteiger partial charge in [-0.25, -0.2) is 26.6 Å². The molecule has 0 spiro atoms. The lowest BCUT2D eigenvalue weighted by molar-refractivity contribution is 0.550. The molecule has 0 bridgehead atoms. The minimum atomic E-state index is -1.13. The Hall–Kier alpha value is -1.48. The van der Waals surface area contributed by atoms with Crippen LogP contribution >= 0.6 is 0 Å². The number of rotatable bonds is 8. The molecule has 2 aliphatic carbocycles. The molecule has 2 aliphatic rings. The van der Waals surface area contributed by atoms with Gasteiger partial charge in [0.15, 0.2) is 0 Å². The van der Waals surface area contributed by atoms with Gasteiger partial charge in [0.1, 0.15) is 11.6 Å². The molecule has 200 valence electrons. The Morgan fingerprint density at radius 2 is 1.03 bits per heavy atom. The molecule has 2 aromatic carbocycles. The standard InChI is InChI=1S/2C14H20FNOS/c2*1-14(2,3)18(17)16-13(10-7-8-10)11-5-4-6-12(15)9-11/h2*4-6,9-10,13,16H,7-8H2,1-3H3/t13-,18+;13-,18-/m10/s1. The number of nitrogens with one attached hydrogen (secondary N) is 2. The molecular formula is C28H40F2N2O2S2. The van der Waals surface area contributed by atoms with Crippen molar-refractivity contribution < 1.29 is 17.2 Å². The molecule has 4 nitrogen and oxygen atoms in total. The molecule has 0 amide bonds. The second-order valence-corrected chi connectivity index (χ2v) is 15.7. The average Bonchev–Trinajstić information content (AvgIpc) is 3.68. The van der Waals surface area contributed by atoms with Gasteiger partial charge in [0.2, 0.25) is 0 Å². The van der Waals surface area contributed by atoms with Gasteiger partial charge in [-0.1, -0.05) is 24.3 Å². The predicted octanol–water partition coefficient (Wildman–Crippen LogP) is 6.66. The zero-order valence-corrected chi connectivity index (χ0v) is 23.8. The molecule has 8 heteroatoms. The molecule has 0 saturated heterocycles. The molecule has 0 aromatic heterocycles. The fourth-order valence-electron chi connectivity index (χ4n) is 3.72. The molecule has 2 N–H and O–H groups in total. The van der Waals surface area contributed by atoms with Gasteiger partial charge in [0, 0.05) is 12.1 Å². The van der Waals surface area contributed by atoms with E-state index in [1.165, 1.54) is 24.3 Å². The van der Waals surface area contributed by atoms with E-state index in [4.69, 9.17) is 0 Å². The van der Waals surface area contributed by atoms with Crippen LogP contribution in [0.5, 0.6) is 0 Å². The van der Waals surface area contributed by atoms with Crippen molar-refractivity contribution in [2.45, 2.75) is 88.8 Å². The van der Waals surface area contributed by atoms with Crippen LogP contribution in [0.15, 0.2) is 48.5 Å². The highest BCUT2D eigenvalue weighted by Gasteiger charge is 2.36. The topological polar surface area (TPSA) is 58.2 Å². The van der Waals surface area contributed by atoms with Gasteiger partial charge in [-0.05, 0) is 114 Å². The number of hydrogen-bond donors (Lipinski definition) is 2. The number of benzene rings is 2. The summed E-state index contributed by atoms with van der Waals surface area (Å²) in [5.74, 6) is 0.499. The molecule has 0 unspecified atom stereocenters. The van der Waals surface area contributed by atoms with Crippen LogP contribution < -0.4 is 9.44 Å². The van der Waals surface area contributed by atoms with Crippen LogP contribution in [0.25, 0.3) is 0 Å². The van der Waals surface area contributed by atoms with Crippen molar-refractivity contribution in [2.75, 3.05) is 0 Å². The van der Waals surface area contributed by atoms with Gasteiger partial charge in [-0.15, -0.1) is 0 Å². The van der Waals surface area contributed by atoms with Gasteiger partial charge in [-0.2, -0.15) is 0 Å². The first-order valence-corrected chi connectivity index (χ1v) is 14.9. The zero-order chi connectivity index (χ0) is 26.7. The van der Waals surface area contributed by atoms with Crippen molar-refractivity contribution in [3.8, 4) is 0 Å². The predicted molar refractivity (Wildman–Crippen MR) is 146 cm³/mol. The van der Waals surface area contributed by atoms with Crippen molar-refractivity contribution in [1.82, 2.24) is 9.44 Å². The highest BCUT2D eigenvalue weighted by atomic mass is 32.2. The highest BCUT2D eigenvalue weighted by molar-refractivity contribution is 7.84. The molecule has 4 atom stereocenters. The van der Waals surface area contributed by atoms with Crippen molar-refractivity contribution in [3.63, 3.8) is 0 Å². The molecule has 2 aromatic rings. The Bertz CT molecular complexity index is 988. The average molecular weight is 539 g/mol. The van der Waals surface area contributed by atoms with Gasteiger partial charge in [0.05, 0.1) is 31.5 Å². The minimum absolute atomic E-state index is 0.000702. The van der Waals surface area contributed by atoms with Crippen molar-refractivity contribution in [1.29, 1.82) is 0 Å². The summed E-state index contributed by atoms with van der Waals surface area (Å²) in [5.41, 5.74) is 1.80. The van der Waals surface area contributed by atoms with Gasteiger partial charge >= 0.3 is 0 Å². The Balaban J connectivity index is 0.000000201. The van der Waals surface area contributed by atoms with Crippen LogP contribution in [0.1, 0.15) is 90.4 Å². The van der Waals surface area contributed by atoms with E-state index in [2.05, 4.69) is 9.44 Å². The second-order valence-electron chi connectivity index (χ2n) is 11.7. The highest BCUT2D eigenvalue weighted by Crippen LogP contribution is 2.42. The van der Waals surface area contributed by atoms with E-state index in [9.17, 15) is 17.2 Å². The Morgan fingerprint density at radius 3 is 1.28 bits per heavy atom. The summed E-state index contributed by atoms with van der Waals surface area (Å²) >= 11 is 0. The second kappa shape index (κ2) is 11.9.